The molecule has 0 amide bonds. The van der Waals surface area contributed by atoms with Crippen LogP contribution in [0.5, 0.6) is 0 Å². The van der Waals surface area contributed by atoms with Crippen molar-refractivity contribution in [1.29, 1.82) is 0 Å². The lowest BCUT2D eigenvalue weighted by Gasteiger charge is -2.01. The van der Waals surface area contributed by atoms with Gasteiger partial charge in [0.25, 0.3) is 0 Å². The molecular formula is C17H11NO. The summed E-state index contributed by atoms with van der Waals surface area (Å²) in [5.41, 5.74) is 4.10. The molecule has 2 aromatic carbocycles. The lowest BCUT2D eigenvalue weighted by Crippen LogP contribution is -1.77. The van der Waals surface area contributed by atoms with E-state index in [1.54, 1.807) is 6.20 Å². The molecule has 2 heteroatoms. The molecule has 2 nitrogen and oxygen atoms in total. The summed E-state index contributed by atoms with van der Waals surface area (Å²) >= 11 is 0. The second kappa shape index (κ2) is 3.95. The number of nitrogens with zero attached hydrogens (tertiary/aromatic N) is 1. The van der Waals surface area contributed by atoms with Crippen LogP contribution < -0.4 is 0 Å². The van der Waals surface area contributed by atoms with Crippen molar-refractivity contribution in [2.45, 2.75) is 0 Å². The first-order valence-corrected chi connectivity index (χ1v) is 6.24. The highest BCUT2D eigenvalue weighted by Gasteiger charge is 2.11. The second-order valence-electron chi connectivity index (χ2n) is 4.52. The SMILES string of the molecule is c1ccc(-c2cccc3c2oc2ccncc23)cc1. The lowest BCUT2D eigenvalue weighted by atomic mass is 10.0. The average molecular weight is 245 g/mol. The monoisotopic (exact) mass is 245 g/mol. The maximum Gasteiger partial charge on any atom is 0.143 e. The molecule has 0 aliphatic heterocycles. The van der Waals surface area contributed by atoms with Crippen LogP contribution in [0.1, 0.15) is 0 Å². The molecule has 4 rings (SSSR count). The van der Waals surface area contributed by atoms with Crippen molar-refractivity contribution in [2.75, 3.05) is 0 Å². The van der Waals surface area contributed by atoms with Crippen LogP contribution in [0.3, 0.4) is 0 Å². The third-order valence-corrected chi connectivity index (χ3v) is 3.38. The summed E-state index contributed by atoms with van der Waals surface area (Å²) in [5.74, 6) is 0. The van der Waals surface area contributed by atoms with Crippen LogP contribution >= 0.6 is 0 Å². The van der Waals surface area contributed by atoms with Crippen LogP contribution in [0.2, 0.25) is 0 Å². The Morgan fingerprint density at radius 3 is 2.58 bits per heavy atom. The van der Waals surface area contributed by atoms with Gasteiger partial charge < -0.3 is 4.42 Å². The average Bonchev–Trinajstić information content (AvgIpc) is 2.87. The van der Waals surface area contributed by atoms with E-state index in [4.69, 9.17) is 4.42 Å². The normalized spacial score (nSPS) is 11.2. The van der Waals surface area contributed by atoms with Crippen molar-refractivity contribution in [3.8, 4) is 11.1 Å². The van der Waals surface area contributed by atoms with E-state index in [1.807, 2.05) is 30.5 Å². The van der Waals surface area contributed by atoms with E-state index in [0.717, 1.165) is 27.5 Å². The smallest absolute Gasteiger partial charge is 0.143 e. The van der Waals surface area contributed by atoms with Crippen LogP contribution in [0, 0.1) is 0 Å². The fraction of sp³-hybridized carbons (Fsp3) is 0. The van der Waals surface area contributed by atoms with Gasteiger partial charge in [-0.1, -0.05) is 48.5 Å². The Bertz CT molecular complexity index is 862. The van der Waals surface area contributed by atoms with Gasteiger partial charge in [0, 0.05) is 28.7 Å². The zero-order chi connectivity index (χ0) is 12.7. The second-order valence-corrected chi connectivity index (χ2v) is 4.52. The van der Waals surface area contributed by atoms with Gasteiger partial charge in [0.1, 0.15) is 11.2 Å². The molecule has 0 fully saturated rings. The summed E-state index contributed by atoms with van der Waals surface area (Å²) in [5, 5.41) is 2.18. The first-order chi connectivity index (χ1) is 9.43. The molecule has 0 spiro atoms. The molecule has 2 heterocycles. The number of para-hydroxylation sites is 1. The highest BCUT2D eigenvalue weighted by Crippen LogP contribution is 2.34. The summed E-state index contributed by atoms with van der Waals surface area (Å²) in [6.45, 7) is 0. The fourth-order valence-corrected chi connectivity index (χ4v) is 2.49. The molecule has 0 unspecified atom stereocenters. The Kier molecular flexibility index (Phi) is 2.15. The number of pyridine rings is 1. The van der Waals surface area contributed by atoms with Gasteiger partial charge in [-0.15, -0.1) is 0 Å². The number of fused-ring (bicyclic) bond motifs is 3. The molecule has 0 saturated heterocycles. The van der Waals surface area contributed by atoms with Gasteiger partial charge in [0.15, 0.2) is 0 Å². The minimum Gasteiger partial charge on any atom is -0.455 e. The van der Waals surface area contributed by atoms with Crippen molar-refractivity contribution >= 4 is 21.9 Å². The first kappa shape index (κ1) is 10.3. The number of rotatable bonds is 1. The number of hydrogen-bond acceptors (Lipinski definition) is 2. The van der Waals surface area contributed by atoms with Gasteiger partial charge in [-0.2, -0.15) is 0 Å². The zero-order valence-electron chi connectivity index (χ0n) is 10.2. The molecule has 2 aromatic heterocycles. The van der Waals surface area contributed by atoms with Crippen LogP contribution in [-0.4, -0.2) is 4.98 Å². The molecule has 0 bridgehead atoms. The van der Waals surface area contributed by atoms with Crippen LogP contribution in [0.4, 0.5) is 0 Å². The van der Waals surface area contributed by atoms with Crippen molar-refractivity contribution in [1.82, 2.24) is 4.98 Å². The predicted molar refractivity (Wildman–Crippen MR) is 77.0 cm³/mol. The Hall–Kier alpha value is -2.61. The number of hydrogen-bond donors (Lipinski definition) is 0. The first-order valence-electron chi connectivity index (χ1n) is 6.24. The Morgan fingerprint density at radius 2 is 1.68 bits per heavy atom. The third-order valence-electron chi connectivity index (χ3n) is 3.38. The van der Waals surface area contributed by atoms with Gasteiger partial charge in [-0.3, -0.25) is 4.98 Å². The topological polar surface area (TPSA) is 26.0 Å². The third kappa shape index (κ3) is 1.54. The molecule has 4 aromatic rings. The summed E-state index contributed by atoms with van der Waals surface area (Å²) < 4.78 is 6.00. The predicted octanol–water partition coefficient (Wildman–Crippen LogP) is 4.65. The van der Waals surface area contributed by atoms with Crippen molar-refractivity contribution in [3.63, 3.8) is 0 Å². The largest absolute Gasteiger partial charge is 0.455 e. The minimum absolute atomic E-state index is 0.883. The van der Waals surface area contributed by atoms with Gasteiger partial charge in [0.05, 0.1) is 0 Å². The van der Waals surface area contributed by atoms with Gasteiger partial charge >= 0.3 is 0 Å². The minimum atomic E-state index is 0.883. The van der Waals surface area contributed by atoms with E-state index in [1.165, 1.54) is 5.56 Å². The molecule has 0 aliphatic rings. The number of benzene rings is 2. The van der Waals surface area contributed by atoms with Gasteiger partial charge in [-0.25, -0.2) is 0 Å². The van der Waals surface area contributed by atoms with E-state index >= 15 is 0 Å². The molecular weight excluding hydrogens is 234 g/mol. The van der Waals surface area contributed by atoms with E-state index < -0.39 is 0 Å². The van der Waals surface area contributed by atoms with Crippen LogP contribution in [0.15, 0.2) is 71.4 Å². The lowest BCUT2D eigenvalue weighted by molar-refractivity contribution is 0.669. The van der Waals surface area contributed by atoms with E-state index in [0.29, 0.717) is 0 Å². The fourth-order valence-electron chi connectivity index (χ4n) is 2.49. The number of aromatic nitrogens is 1. The summed E-state index contributed by atoms with van der Waals surface area (Å²) in [4.78, 5) is 4.18. The van der Waals surface area contributed by atoms with E-state index in [-0.39, 0.29) is 0 Å². The molecule has 0 N–H and O–H groups in total. The van der Waals surface area contributed by atoms with Gasteiger partial charge in [0.2, 0.25) is 0 Å². The molecule has 0 aliphatic carbocycles. The quantitative estimate of drug-likeness (QED) is 0.488. The highest BCUT2D eigenvalue weighted by atomic mass is 16.3. The Morgan fingerprint density at radius 1 is 0.789 bits per heavy atom. The van der Waals surface area contributed by atoms with Crippen LogP contribution in [0.25, 0.3) is 33.1 Å². The van der Waals surface area contributed by atoms with E-state index in [9.17, 15) is 0 Å². The van der Waals surface area contributed by atoms with Crippen LogP contribution in [-0.2, 0) is 0 Å². The Balaban J connectivity index is 2.13. The maximum atomic E-state index is 6.00. The summed E-state index contributed by atoms with van der Waals surface area (Å²) in [6.07, 6.45) is 3.61. The molecule has 0 atom stereocenters. The van der Waals surface area contributed by atoms with Crippen molar-refractivity contribution in [2.24, 2.45) is 0 Å². The zero-order valence-corrected chi connectivity index (χ0v) is 10.2. The van der Waals surface area contributed by atoms with E-state index in [2.05, 4.69) is 35.3 Å². The highest BCUT2D eigenvalue weighted by molar-refractivity contribution is 6.09. The summed E-state index contributed by atoms with van der Waals surface area (Å²) in [6, 6.07) is 18.4. The number of furan rings is 1. The van der Waals surface area contributed by atoms with Crippen molar-refractivity contribution < 1.29 is 4.42 Å². The molecule has 90 valence electrons. The Labute approximate surface area is 110 Å². The molecule has 0 radical (unpaired) electrons. The standard InChI is InChI=1S/C17H11NO/c1-2-5-12(6-3-1)13-7-4-8-14-15-11-18-10-9-16(15)19-17(13)14/h1-11H. The molecule has 0 saturated carbocycles. The van der Waals surface area contributed by atoms with Gasteiger partial charge in [-0.05, 0) is 11.6 Å². The molecule has 19 heavy (non-hydrogen) atoms. The summed E-state index contributed by atoms with van der Waals surface area (Å²) in [7, 11) is 0. The van der Waals surface area contributed by atoms with Crippen molar-refractivity contribution in [3.05, 3.63) is 67.0 Å². The maximum absolute atomic E-state index is 6.00.